The summed E-state index contributed by atoms with van der Waals surface area (Å²) in [5.74, 6) is -2.81. The van der Waals surface area contributed by atoms with Crippen molar-refractivity contribution < 1.29 is 45.8 Å². The molecule has 13 heteroatoms. The number of aromatic nitrogens is 3. The Hall–Kier alpha value is -3.38. The van der Waals surface area contributed by atoms with Crippen LogP contribution in [0.1, 0.15) is 41.8 Å². The number of Topliss-reactive ketones (excluding diaryl/α,β-unsaturated/α-hetero) is 2. The van der Waals surface area contributed by atoms with E-state index in [2.05, 4.69) is 10.1 Å². The van der Waals surface area contributed by atoms with E-state index in [1.807, 2.05) is 0 Å². The molecule has 7 nitrogen and oxygen atoms in total. The molecule has 1 fully saturated rings. The summed E-state index contributed by atoms with van der Waals surface area (Å²) in [4.78, 5) is 28.0. The van der Waals surface area contributed by atoms with Crippen LogP contribution in [-0.2, 0) is 22.3 Å². The number of alkyl halides is 6. The second-order valence-corrected chi connectivity index (χ2v) is 7.29. The second kappa shape index (κ2) is 8.87. The minimum atomic E-state index is -5.03. The number of hydrogen-bond donors (Lipinski definition) is 1. The van der Waals surface area contributed by atoms with E-state index < -0.39 is 59.7 Å². The van der Waals surface area contributed by atoms with Crippen molar-refractivity contribution in [3.05, 3.63) is 46.5 Å². The van der Waals surface area contributed by atoms with Crippen LogP contribution in [-0.4, -0.2) is 44.2 Å². The van der Waals surface area contributed by atoms with Crippen LogP contribution in [0.15, 0.2) is 24.0 Å². The number of aliphatic hydroxyl groups excluding tert-OH is 1. The molecule has 0 radical (unpaired) electrons. The minimum absolute atomic E-state index is 0.0643. The van der Waals surface area contributed by atoms with Crippen LogP contribution in [0.25, 0.3) is 5.76 Å². The van der Waals surface area contributed by atoms with Gasteiger partial charge >= 0.3 is 12.4 Å². The summed E-state index contributed by atoms with van der Waals surface area (Å²) in [6, 6.07) is 1.18. The van der Waals surface area contributed by atoms with Crippen molar-refractivity contribution in [3.63, 3.8) is 0 Å². The van der Waals surface area contributed by atoms with Crippen LogP contribution in [0.4, 0.5) is 26.3 Å². The van der Waals surface area contributed by atoms with Crippen molar-refractivity contribution in [2.45, 2.75) is 45.1 Å². The molecule has 0 aromatic carbocycles. The number of hydrogen-bond acceptors (Lipinski definition) is 6. The number of allylic oxidation sites excluding steroid dienone is 1. The van der Waals surface area contributed by atoms with E-state index in [0.29, 0.717) is 0 Å². The lowest BCUT2D eigenvalue weighted by Crippen LogP contribution is -2.21. The first-order valence-corrected chi connectivity index (χ1v) is 9.56. The number of rotatable bonds is 5. The number of ketones is 2. The first-order chi connectivity index (χ1) is 15.3. The Morgan fingerprint density at radius 3 is 2.36 bits per heavy atom. The first-order valence-electron chi connectivity index (χ1n) is 9.56. The van der Waals surface area contributed by atoms with E-state index in [1.54, 1.807) is 0 Å². The molecule has 178 valence electrons. The monoisotopic (exact) mass is 477 g/mol. The van der Waals surface area contributed by atoms with Crippen molar-refractivity contribution in [3.8, 4) is 5.75 Å². The zero-order valence-electron chi connectivity index (χ0n) is 17.0. The largest absolute Gasteiger partial charge is 0.506 e. The number of ether oxygens (including phenoxy) is 1. The van der Waals surface area contributed by atoms with Crippen LogP contribution < -0.4 is 4.74 Å². The summed E-state index contributed by atoms with van der Waals surface area (Å²) in [7, 11) is 0. The molecule has 33 heavy (non-hydrogen) atoms. The Bertz CT molecular complexity index is 1100. The summed E-state index contributed by atoms with van der Waals surface area (Å²) in [5.41, 5.74) is -2.88. The lowest BCUT2D eigenvalue weighted by molar-refractivity contribution is -0.153. The fourth-order valence-electron chi connectivity index (χ4n) is 3.29. The maximum atomic E-state index is 13.6. The van der Waals surface area contributed by atoms with Gasteiger partial charge in [-0.25, -0.2) is 0 Å². The maximum Gasteiger partial charge on any atom is 0.435 e. The fraction of sp³-hybridized carbons (Fsp3) is 0.400. The molecule has 2 aromatic rings. The van der Waals surface area contributed by atoms with Crippen LogP contribution in [0, 0.1) is 6.92 Å². The van der Waals surface area contributed by atoms with Gasteiger partial charge in [0.05, 0.1) is 17.8 Å². The van der Waals surface area contributed by atoms with Crippen LogP contribution >= 0.6 is 0 Å². The summed E-state index contributed by atoms with van der Waals surface area (Å²) < 4.78 is 83.4. The number of carbonyl (C=O) groups excluding carboxylic acids is 2. The molecular formula is C20H17F6N3O4. The standard InChI is InChI=1S/C20H17F6N3O4/c1-10-12(27-6-5-15(10)33-9-19(21,22)23)8-29-7-11(18(28-29)20(24,25)26)17(32)16-13(30)3-2-4-14(16)31/h5-7,32H,2-4,8-9H2,1H3. The quantitative estimate of drug-likeness (QED) is 0.301. The highest BCUT2D eigenvalue weighted by Crippen LogP contribution is 2.36. The predicted octanol–water partition coefficient (Wildman–Crippen LogP) is 4.19. The van der Waals surface area contributed by atoms with E-state index >= 15 is 0 Å². The molecule has 2 aromatic heterocycles. The SMILES string of the molecule is Cc1c(OCC(F)(F)F)ccnc1Cn1cc(C(O)=C2C(=O)CCCC2=O)c(C(F)(F)F)n1. The van der Waals surface area contributed by atoms with E-state index in [0.717, 1.165) is 17.1 Å². The molecular weight excluding hydrogens is 460 g/mol. The summed E-state index contributed by atoms with van der Waals surface area (Å²) in [5, 5.41) is 13.8. The van der Waals surface area contributed by atoms with Crippen LogP contribution in [0.5, 0.6) is 5.75 Å². The number of nitrogens with zero attached hydrogens (tertiary/aromatic N) is 3. The van der Waals surface area contributed by atoms with Crippen LogP contribution in [0.2, 0.25) is 0 Å². The van der Waals surface area contributed by atoms with Crippen molar-refractivity contribution in [1.82, 2.24) is 14.8 Å². The molecule has 1 saturated carbocycles. The Morgan fingerprint density at radius 2 is 1.79 bits per heavy atom. The molecule has 0 amide bonds. The smallest absolute Gasteiger partial charge is 0.435 e. The lowest BCUT2D eigenvalue weighted by atomic mass is 9.90. The third-order valence-corrected chi connectivity index (χ3v) is 4.85. The van der Waals surface area contributed by atoms with E-state index in [9.17, 15) is 41.0 Å². The maximum absolute atomic E-state index is 13.6. The average Bonchev–Trinajstić information content (AvgIpc) is 3.12. The summed E-state index contributed by atoms with van der Waals surface area (Å²) in [6.07, 6.45) is -7.64. The van der Waals surface area contributed by atoms with Crippen molar-refractivity contribution in [2.24, 2.45) is 0 Å². The highest BCUT2D eigenvalue weighted by Gasteiger charge is 2.40. The van der Waals surface area contributed by atoms with Gasteiger partial charge in [0.1, 0.15) is 17.1 Å². The zero-order chi connectivity index (χ0) is 24.6. The molecule has 3 rings (SSSR count). The average molecular weight is 477 g/mol. The first kappa shape index (κ1) is 24.3. The Morgan fingerprint density at radius 1 is 1.15 bits per heavy atom. The van der Waals surface area contributed by atoms with Gasteiger partial charge < -0.3 is 9.84 Å². The predicted molar refractivity (Wildman–Crippen MR) is 100 cm³/mol. The third-order valence-electron chi connectivity index (χ3n) is 4.85. The van der Waals surface area contributed by atoms with Gasteiger partial charge in [-0.05, 0) is 19.4 Å². The number of carbonyl (C=O) groups is 2. The lowest BCUT2D eigenvalue weighted by Gasteiger charge is -2.14. The van der Waals surface area contributed by atoms with Crippen molar-refractivity contribution in [2.75, 3.05) is 6.61 Å². The van der Waals surface area contributed by atoms with E-state index in [4.69, 9.17) is 4.74 Å². The summed E-state index contributed by atoms with van der Waals surface area (Å²) >= 11 is 0. The molecule has 1 aliphatic rings. The van der Waals surface area contributed by atoms with Gasteiger partial charge in [0.15, 0.2) is 23.9 Å². The van der Waals surface area contributed by atoms with Crippen molar-refractivity contribution in [1.29, 1.82) is 0 Å². The third kappa shape index (κ3) is 5.52. The topological polar surface area (TPSA) is 94.3 Å². The van der Waals surface area contributed by atoms with Crippen molar-refractivity contribution >= 4 is 17.3 Å². The van der Waals surface area contributed by atoms with Gasteiger partial charge in [0, 0.05) is 30.8 Å². The molecule has 0 aliphatic heterocycles. The van der Waals surface area contributed by atoms with Gasteiger partial charge in [-0.1, -0.05) is 0 Å². The number of aliphatic hydroxyl groups is 1. The molecule has 0 bridgehead atoms. The number of halogens is 6. The Kier molecular flexibility index (Phi) is 6.52. The molecule has 0 unspecified atom stereocenters. The second-order valence-electron chi connectivity index (χ2n) is 7.29. The summed E-state index contributed by atoms with van der Waals surface area (Å²) in [6.45, 7) is -0.602. The highest BCUT2D eigenvalue weighted by atomic mass is 19.4. The number of pyridine rings is 1. The zero-order valence-corrected chi connectivity index (χ0v) is 17.0. The molecule has 1 aliphatic carbocycles. The molecule has 0 saturated heterocycles. The van der Waals surface area contributed by atoms with Crippen LogP contribution in [0.3, 0.4) is 0 Å². The Labute approximate surface area is 182 Å². The van der Waals surface area contributed by atoms with Gasteiger partial charge in [-0.15, -0.1) is 0 Å². The normalized spacial score (nSPS) is 15.2. The van der Waals surface area contributed by atoms with Gasteiger partial charge in [0.25, 0.3) is 0 Å². The molecule has 0 atom stereocenters. The van der Waals surface area contributed by atoms with E-state index in [-0.39, 0.29) is 36.3 Å². The van der Waals surface area contributed by atoms with E-state index in [1.165, 1.54) is 13.0 Å². The van der Waals surface area contributed by atoms with Gasteiger partial charge in [-0.3, -0.25) is 19.3 Å². The molecule has 1 N–H and O–H groups in total. The van der Waals surface area contributed by atoms with Gasteiger partial charge in [0.2, 0.25) is 0 Å². The van der Waals surface area contributed by atoms with Gasteiger partial charge in [-0.2, -0.15) is 31.4 Å². The minimum Gasteiger partial charge on any atom is -0.506 e. The highest BCUT2D eigenvalue weighted by molar-refractivity contribution is 6.25. The molecule has 0 spiro atoms. The molecule has 2 heterocycles. The Balaban J connectivity index is 1.99. The fourth-order valence-corrected chi connectivity index (χ4v) is 3.29.